The van der Waals surface area contributed by atoms with E-state index in [1.165, 1.54) is 5.37 Å². The second kappa shape index (κ2) is 17.6. The summed E-state index contributed by atoms with van der Waals surface area (Å²) >= 11 is 4.71. The normalized spacial score (nSPS) is 13.9. The van der Waals surface area contributed by atoms with Crippen molar-refractivity contribution in [3.05, 3.63) is 60.8 Å². The Morgan fingerprint density at radius 2 is 1.25 bits per heavy atom. The van der Waals surface area contributed by atoms with Crippen LogP contribution < -0.4 is 0 Å². The molecule has 0 aliphatic heterocycles. The van der Waals surface area contributed by atoms with Crippen molar-refractivity contribution >= 4 is 23.6 Å². The number of hydrogen-bond donors (Lipinski definition) is 1. The summed E-state index contributed by atoms with van der Waals surface area (Å²) in [6.07, 6.45) is 27.7. The van der Waals surface area contributed by atoms with Crippen molar-refractivity contribution in [1.29, 1.82) is 0 Å². The molecule has 0 aliphatic rings. The fourth-order valence-corrected chi connectivity index (χ4v) is 2.15. The van der Waals surface area contributed by atoms with Gasteiger partial charge in [-0.15, -0.1) is 0 Å². The van der Waals surface area contributed by atoms with E-state index < -0.39 is 11.9 Å². The Balaban J connectivity index is 3.63. The van der Waals surface area contributed by atoms with Gasteiger partial charge in [0.25, 0.3) is 0 Å². The van der Waals surface area contributed by atoms with Gasteiger partial charge in [0.2, 0.25) is 0 Å². The number of allylic oxidation sites excluding steroid dienone is 10. The summed E-state index contributed by atoms with van der Waals surface area (Å²) in [5.74, 6) is -1.35. The third kappa shape index (κ3) is 15.2. The van der Waals surface area contributed by atoms with E-state index >= 15 is 0 Å². The second-order valence-corrected chi connectivity index (χ2v) is 5.64. The SMILES string of the molecule is CC/C=C\C/C=C\C/C=C\C/C=C\C/C=C\CCC(C=S)C(=O)O. The van der Waals surface area contributed by atoms with Crippen LogP contribution in [-0.2, 0) is 4.79 Å². The molecule has 0 aromatic carbocycles. The molecule has 24 heavy (non-hydrogen) atoms. The van der Waals surface area contributed by atoms with Crippen LogP contribution >= 0.6 is 12.2 Å². The van der Waals surface area contributed by atoms with E-state index in [1.54, 1.807) is 0 Å². The summed E-state index contributed by atoms with van der Waals surface area (Å²) in [6, 6.07) is 0. The lowest BCUT2D eigenvalue weighted by atomic mass is 10.1. The molecule has 3 heteroatoms. The highest BCUT2D eigenvalue weighted by Crippen LogP contribution is 2.05. The van der Waals surface area contributed by atoms with Gasteiger partial charge in [-0.1, -0.05) is 79.9 Å². The molecule has 1 unspecified atom stereocenters. The monoisotopic (exact) mass is 346 g/mol. The molecule has 1 N–H and O–H groups in total. The first-order chi connectivity index (χ1) is 11.7. The van der Waals surface area contributed by atoms with E-state index in [4.69, 9.17) is 17.3 Å². The third-order valence-corrected chi connectivity index (χ3v) is 3.61. The van der Waals surface area contributed by atoms with Crippen LogP contribution in [-0.4, -0.2) is 16.4 Å². The minimum atomic E-state index is -0.836. The highest BCUT2D eigenvalue weighted by Gasteiger charge is 2.11. The summed E-state index contributed by atoms with van der Waals surface area (Å²) in [7, 11) is 0. The Morgan fingerprint density at radius 3 is 1.62 bits per heavy atom. The molecule has 0 aliphatic carbocycles. The summed E-state index contributed by atoms with van der Waals surface area (Å²) in [5, 5.41) is 10.2. The molecule has 132 valence electrons. The zero-order valence-corrected chi connectivity index (χ0v) is 15.5. The molecule has 0 saturated carbocycles. The Bertz CT molecular complexity index is 470. The van der Waals surface area contributed by atoms with Crippen molar-refractivity contribution < 1.29 is 9.90 Å². The Labute approximate surface area is 152 Å². The third-order valence-electron chi connectivity index (χ3n) is 3.28. The largest absolute Gasteiger partial charge is 0.481 e. The maximum atomic E-state index is 10.8. The molecule has 0 bridgehead atoms. The van der Waals surface area contributed by atoms with Gasteiger partial charge in [-0.2, -0.15) is 0 Å². The molecule has 1 atom stereocenters. The highest BCUT2D eigenvalue weighted by atomic mass is 32.1. The molecule has 0 amide bonds. The van der Waals surface area contributed by atoms with Crippen LogP contribution in [0, 0.1) is 5.92 Å². The molecule has 0 fully saturated rings. The van der Waals surface area contributed by atoms with E-state index in [2.05, 4.69) is 61.6 Å². The first kappa shape index (κ1) is 22.3. The van der Waals surface area contributed by atoms with Crippen molar-refractivity contribution in [3.8, 4) is 0 Å². The molecule has 0 saturated heterocycles. The number of carboxylic acid groups (broad SMARTS) is 1. The number of aliphatic carboxylic acids is 1. The van der Waals surface area contributed by atoms with E-state index in [0.717, 1.165) is 38.5 Å². The lowest BCUT2D eigenvalue weighted by Crippen LogP contribution is -2.13. The summed E-state index contributed by atoms with van der Waals surface area (Å²) in [5.41, 5.74) is 0. The topological polar surface area (TPSA) is 37.3 Å². The molecule has 0 aromatic rings. The van der Waals surface area contributed by atoms with Crippen molar-refractivity contribution in [2.24, 2.45) is 5.92 Å². The van der Waals surface area contributed by atoms with E-state index in [0.29, 0.717) is 6.42 Å². The van der Waals surface area contributed by atoms with Crippen LogP contribution in [0.2, 0.25) is 0 Å². The van der Waals surface area contributed by atoms with Gasteiger partial charge in [-0.3, -0.25) is 4.79 Å². The Hall–Kier alpha value is -1.74. The number of hydrogen-bond acceptors (Lipinski definition) is 2. The number of carbonyl (C=O) groups is 1. The van der Waals surface area contributed by atoms with Gasteiger partial charge >= 0.3 is 5.97 Å². The predicted molar refractivity (Wildman–Crippen MR) is 108 cm³/mol. The minimum Gasteiger partial charge on any atom is -0.481 e. The number of carboxylic acids is 1. The molecule has 0 rings (SSSR count). The van der Waals surface area contributed by atoms with Crippen LogP contribution in [0.4, 0.5) is 0 Å². The molecule has 0 radical (unpaired) electrons. The van der Waals surface area contributed by atoms with Crippen molar-refractivity contribution in [3.63, 3.8) is 0 Å². The van der Waals surface area contributed by atoms with E-state index in [1.807, 2.05) is 6.08 Å². The Kier molecular flexibility index (Phi) is 16.3. The van der Waals surface area contributed by atoms with Gasteiger partial charge in [0.15, 0.2) is 0 Å². The van der Waals surface area contributed by atoms with Gasteiger partial charge in [0, 0.05) is 0 Å². The molecule has 0 aromatic heterocycles. The first-order valence-electron chi connectivity index (χ1n) is 8.65. The van der Waals surface area contributed by atoms with Gasteiger partial charge < -0.3 is 5.11 Å². The maximum absolute atomic E-state index is 10.8. The molecule has 0 heterocycles. The summed E-state index contributed by atoms with van der Waals surface area (Å²) in [4.78, 5) is 10.8. The fourth-order valence-electron chi connectivity index (χ4n) is 1.89. The zero-order valence-electron chi connectivity index (χ0n) is 14.6. The van der Waals surface area contributed by atoms with Crippen molar-refractivity contribution in [2.45, 2.75) is 51.9 Å². The van der Waals surface area contributed by atoms with Gasteiger partial charge in [-0.25, -0.2) is 0 Å². The Morgan fingerprint density at radius 1 is 0.833 bits per heavy atom. The lowest BCUT2D eigenvalue weighted by Gasteiger charge is -2.02. The minimum absolute atomic E-state index is 0.512. The standard InChI is InChI=1S/C21H30O2S/c1-2-3-4-5-6-7-8-9-10-11-12-13-14-15-16-17-18-20(19-24)21(22)23/h3-4,6-7,9-10,12-13,15-16,19-20H,2,5,8,11,14,17-18H2,1H3,(H,22,23)/b4-3-,7-6-,10-9-,13-12-,16-15-. The quantitative estimate of drug-likeness (QED) is 0.300. The molecular weight excluding hydrogens is 316 g/mol. The van der Waals surface area contributed by atoms with Crippen molar-refractivity contribution in [2.75, 3.05) is 0 Å². The number of rotatable bonds is 14. The average molecular weight is 347 g/mol. The number of thiocarbonyl (C=S) groups is 1. The highest BCUT2D eigenvalue weighted by molar-refractivity contribution is 7.79. The fraction of sp³-hybridized carbons (Fsp3) is 0.429. The molecule has 2 nitrogen and oxygen atoms in total. The van der Waals surface area contributed by atoms with Crippen LogP contribution in [0.25, 0.3) is 0 Å². The van der Waals surface area contributed by atoms with Crippen LogP contribution in [0.3, 0.4) is 0 Å². The van der Waals surface area contributed by atoms with Gasteiger partial charge in [0.05, 0.1) is 5.92 Å². The van der Waals surface area contributed by atoms with Crippen LogP contribution in [0.5, 0.6) is 0 Å². The van der Waals surface area contributed by atoms with E-state index in [-0.39, 0.29) is 0 Å². The van der Waals surface area contributed by atoms with Gasteiger partial charge in [-0.05, 0) is 50.3 Å². The smallest absolute Gasteiger partial charge is 0.311 e. The summed E-state index contributed by atoms with van der Waals surface area (Å²) in [6.45, 7) is 2.14. The van der Waals surface area contributed by atoms with Gasteiger partial charge in [0.1, 0.15) is 0 Å². The zero-order chi connectivity index (χ0) is 17.9. The van der Waals surface area contributed by atoms with Crippen LogP contribution in [0.1, 0.15) is 51.9 Å². The average Bonchev–Trinajstić information content (AvgIpc) is 2.57. The lowest BCUT2D eigenvalue weighted by molar-refractivity contribution is -0.139. The van der Waals surface area contributed by atoms with Crippen molar-refractivity contribution in [1.82, 2.24) is 0 Å². The first-order valence-corrected chi connectivity index (χ1v) is 9.12. The summed E-state index contributed by atoms with van der Waals surface area (Å²) < 4.78 is 0. The molecule has 0 spiro atoms. The van der Waals surface area contributed by atoms with Crippen LogP contribution in [0.15, 0.2) is 60.8 Å². The maximum Gasteiger partial charge on any atom is 0.311 e. The predicted octanol–water partition coefficient (Wildman–Crippen LogP) is 6.22. The van der Waals surface area contributed by atoms with E-state index in [9.17, 15) is 4.79 Å². The second-order valence-electron chi connectivity index (χ2n) is 5.37. The molecular formula is C21H30O2S.